The smallest absolute Gasteiger partial charge is 0.349 e. The highest BCUT2D eigenvalue weighted by Gasteiger charge is 2.20. The standard InChI is InChI=1S/C23H20N2O4/c1-14-11-18(9-7-15-5-3-2-4-6-15)29-23(28)21(14)22(27)24-17-8-10-19-16(12-17)13-20(26)25-19/h2-6,8,10-12H,7,9,13H2,1H3,(H,24,27)(H,25,26). The van der Waals surface area contributed by atoms with Gasteiger partial charge in [-0.25, -0.2) is 4.79 Å². The summed E-state index contributed by atoms with van der Waals surface area (Å²) < 4.78 is 5.39. The highest BCUT2D eigenvalue weighted by atomic mass is 16.4. The molecule has 0 radical (unpaired) electrons. The van der Waals surface area contributed by atoms with Crippen molar-refractivity contribution in [3.8, 4) is 0 Å². The zero-order valence-electron chi connectivity index (χ0n) is 16.0. The molecule has 1 aliphatic heterocycles. The molecule has 0 saturated heterocycles. The summed E-state index contributed by atoms with van der Waals surface area (Å²) in [5.41, 5.74) is 3.14. The SMILES string of the molecule is Cc1cc(CCc2ccccc2)oc(=O)c1C(=O)Nc1ccc2c(c1)CC(=O)N2. The maximum atomic E-state index is 12.7. The molecule has 1 aliphatic rings. The van der Waals surface area contributed by atoms with Crippen LogP contribution in [0, 0.1) is 6.92 Å². The first-order valence-electron chi connectivity index (χ1n) is 9.41. The third-order valence-electron chi connectivity index (χ3n) is 4.92. The van der Waals surface area contributed by atoms with Crippen LogP contribution in [0.2, 0.25) is 0 Å². The van der Waals surface area contributed by atoms with Crippen LogP contribution in [0.15, 0.2) is 63.8 Å². The van der Waals surface area contributed by atoms with Gasteiger partial charge in [-0.05, 0) is 54.3 Å². The number of fused-ring (bicyclic) bond motifs is 1. The van der Waals surface area contributed by atoms with E-state index in [1.54, 1.807) is 31.2 Å². The monoisotopic (exact) mass is 388 g/mol. The van der Waals surface area contributed by atoms with E-state index >= 15 is 0 Å². The van der Waals surface area contributed by atoms with Gasteiger partial charge in [0.05, 0.1) is 6.42 Å². The van der Waals surface area contributed by atoms with Gasteiger partial charge in [-0.2, -0.15) is 0 Å². The molecule has 2 aromatic carbocycles. The van der Waals surface area contributed by atoms with Crippen LogP contribution in [0.25, 0.3) is 0 Å². The summed E-state index contributed by atoms with van der Waals surface area (Å²) in [4.78, 5) is 36.6. The quantitative estimate of drug-likeness (QED) is 0.700. The number of benzene rings is 2. The molecule has 29 heavy (non-hydrogen) atoms. The van der Waals surface area contributed by atoms with Crippen molar-refractivity contribution in [2.75, 3.05) is 10.6 Å². The lowest BCUT2D eigenvalue weighted by Gasteiger charge is -2.09. The Morgan fingerprint density at radius 1 is 1.07 bits per heavy atom. The number of nitrogens with one attached hydrogen (secondary N) is 2. The lowest BCUT2D eigenvalue weighted by molar-refractivity contribution is -0.115. The lowest BCUT2D eigenvalue weighted by Crippen LogP contribution is -2.23. The van der Waals surface area contributed by atoms with Crippen LogP contribution in [0.5, 0.6) is 0 Å². The number of anilines is 2. The van der Waals surface area contributed by atoms with Crippen LogP contribution in [0.3, 0.4) is 0 Å². The third-order valence-corrected chi connectivity index (χ3v) is 4.92. The van der Waals surface area contributed by atoms with E-state index in [0.717, 1.165) is 23.2 Å². The predicted octanol–water partition coefficient (Wildman–Crippen LogP) is 3.48. The maximum absolute atomic E-state index is 12.7. The van der Waals surface area contributed by atoms with Crippen molar-refractivity contribution < 1.29 is 14.0 Å². The van der Waals surface area contributed by atoms with E-state index in [1.807, 2.05) is 30.3 Å². The third kappa shape index (κ3) is 4.11. The normalized spacial score (nSPS) is 12.4. The minimum absolute atomic E-state index is 0.0110. The van der Waals surface area contributed by atoms with Crippen molar-refractivity contribution in [2.45, 2.75) is 26.2 Å². The molecule has 146 valence electrons. The Hall–Kier alpha value is -3.67. The topological polar surface area (TPSA) is 88.4 Å². The Labute approximate surface area is 167 Å². The largest absolute Gasteiger partial charge is 0.427 e. The van der Waals surface area contributed by atoms with Crippen molar-refractivity contribution in [1.82, 2.24) is 0 Å². The minimum Gasteiger partial charge on any atom is -0.427 e. The number of carbonyl (C=O) groups excluding carboxylic acids is 2. The van der Waals surface area contributed by atoms with Crippen LogP contribution < -0.4 is 16.3 Å². The highest BCUT2D eigenvalue weighted by molar-refractivity contribution is 6.06. The summed E-state index contributed by atoms with van der Waals surface area (Å²) >= 11 is 0. The molecule has 2 N–H and O–H groups in total. The van der Waals surface area contributed by atoms with Gasteiger partial charge in [0.15, 0.2) is 0 Å². The van der Waals surface area contributed by atoms with Crippen LogP contribution in [0.4, 0.5) is 11.4 Å². The average Bonchev–Trinajstić information content (AvgIpc) is 3.06. The minimum atomic E-state index is -0.649. The molecule has 6 heteroatoms. The van der Waals surface area contributed by atoms with Gasteiger partial charge >= 0.3 is 5.63 Å². The lowest BCUT2D eigenvalue weighted by atomic mass is 10.1. The molecule has 2 heterocycles. The van der Waals surface area contributed by atoms with Gasteiger partial charge in [-0.3, -0.25) is 9.59 Å². The van der Waals surface area contributed by atoms with E-state index in [-0.39, 0.29) is 17.9 Å². The number of rotatable bonds is 5. The molecular formula is C23H20N2O4. The Morgan fingerprint density at radius 3 is 2.62 bits per heavy atom. The number of hydrogen-bond donors (Lipinski definition) is 2. The van der Waals surface area contributed by atoms with Gasteiger partial charge < -0.3 is 15.1 Å². The summed E-state index contributed by atoms with van der Waals surface area (Å²) in [5.74, 6) is -0.0517. The molecule has 4 rings (SSSR count). The van der Waals surface area contributed by atoms with Crippen molar-refractivity contribution >= 4 is 23.2 Å². The van der Waals surface area contributed by atoms with Crippen molar-refractivity contribution in [2.24, 2.45) is 0 Å². The first-order chi connectivity index (χ1) is 14.0. The van der Waals surface area contributed by atoms with Gasteiger partial charge in [-0.1, -0.05) is 30.3 Å². The second kappa shape index (κ2) is 7.75. The van der Waals surface area contributed by atoms with Gasteiger partial charge in [-0.15, -0.1) is 0 Å². The molecule has 0 saturated carbocycles. The summed E-state index contributed by atoms with van der Waals surface area (Å²) in [7, 11) is 0. The van der Waals surface area contributed by atoms with Crippen molar-refractivity contribution in [3.63, 3.8) is 0 Å². The Balaban J connectivity index is 1.49. The van der Waals surface area contributed by atoms with Crippen molar-refractivity contribution in [1.29, 1.82) is 0 Å². The molecule has 0 bridgehead atoms. The van der Waals surface area contributed by atoms with Gasteiger partial charge in [0.1, 0.15) is 11.3 Å². The van der Waals surface area contributed by atoms with E-state index in [2.05, 4.69) is 10.6 Å². The Morgan fingerprint density at radius 2 is 1.86 bits per heavy atom. The summed E-state index contributed by atoms with van der Waals surface area (Å²) in [6.45, 7) is 1.73. The molecule has 0 spiro atoms. The van der Waals surface area contributed by atoms with E-state index in [9.17, 15) is 14.4 Å². The van der Waals surface area contributed by atoms with E-state index in [4.69, 9.17) is 4.42 Å². The van der Waals surface area contributed by atoms with Crippen LogP contribution in [-0.4, -0.2) is 11.8 Å². The first kappa shape index (κ1) is 18.7. The fourth-order valence-electron chi connectivity index (χ4n) is 3.48. The van der Waals surface area contributed by atoms with Crippen LogP contribution >= 0.6 is 0 Å². The maximum Gasteiger partial charge on any atom is 0.349 e. The molecule has 0 fully saturated rings. The zero-order valence-corrected chi connectivity index (χ0v) is 16.0. The second-order valence-electron chi connectivity index (χ2n) is 7.09. The van der Waals surface area contributed by atoms with Gasteiger partial charge in [0.2, 0.25) is 5.91 Å². The van der Waals surface area contributed by atoms with Crippen LogP contribution in [0.1, 0.15) is 32.8 Å². The van der Waals surface area contributed by atoms with E-state index < -0.39 is 11.5 Å². The number of hydrogen-bond acceptors (Lipinski definition) is 4. The fourth-order valence-corrected chi connectivity index (χ4v) is 3.48. The molecule has 1 aromatic heterocycles. The van der Waals surface area contributed by atoms with Gasteiger partial charge in [0.25, 0.3) is 5.91 Å². The summed E-state index contributed by atoms with van der Waals surface area (Å²) in [5, 5.41) is 5.46. The Bertz CT molecular complexity index is 1150. The molecular weight excluding hydrogens is 368 g/mol. The summed E-state index contributed by atoms with van der Waals surface area (Å²) in [6.07, 6.45) is 1.60. The molecule has 0 aliphatic carbocycles. The molecule has 0 atom stereocenters. The average molecular weight is 388 g/mol. The highest BCUT2D eigenvalue weighted by Crippen LogP contribution is 2.26. The number of amides is 2. The number of carbonyl (C=O) groups is 2. The Kier molecular flexibility index (Phi) is 4.99. The first-order valence-corrected chi connectivity index (χ1v) is 9.41. The number of aryl methyl sites for hydroxylation is 3. The van der Waals surface area contributed by atoms with Gasteiger partial charge in [0, 0.05) is 17.8 Å². The predicted molar refractivity (Wildman–Crippen MR) is 110 cm³/mol. The molecule has 2 amide bonds. The molecule has 0 unspecified atom stereocenters. The van der Waals surface area contributed by atoms with Crippen LogP contribution in [-0.2, 0) is 24.1 Å². The summed E-state index contributed by atoms with van der Waals surface area (Å²) in [6, 6.07) is 16.8. The van der Waals surface area contributed by atoms with E-state index in [0.29, 0.717) is 23.4 Å². The zero-order chi connectivity index (χ0) is 20.4. The molecule has 3 aromatic rings. The molecule has 6 nitrogen and oxygen atoms in total. The van der Waals surface area contributed by atoms with E-state index in [1.165, 1.54) is 0 Å². The van der Waals surface area contributed by atoms with Crippen molar-refractivity contribution in [3.05, 3.63) is 93.0 Å². The fraction of sp³-hybridized carbons (Fsp3) is 0.174. The second-order valence-corrected chi connectivity index (χ2v) is 7.09.